The van der Waals surface area contributed by atoms with E-state index in [9.17, 15) is 0 Å². The van der Waals surface area contributed by atoms with E-state index in [-0.39, 0.29) is 0 Å². The Kier molecular flexibility index (Phi) is 10.6. The van der Waals surface area contributed by atoms with Gasteiger partial charge in [-0.05, 0) is 104 Å². The summed E-state index contributed by atoms with van der Waals surface area (Å²) in [7, 11) is 0. The van der Waals surface area contributed by atoms with Crippen LogP contribution >= 0.6 is 0 Å². The molecule has 0 N–H and O–H groups in total. The molecule has 65 heavy (non-hydrogen) atoms. The summed E-state index contributed by atoms with van der Waals surface area (Å²) in [6.07, 6.45) is 0. The van der Waals surface area contributed by atoms with Gasteiger partial charge in [0.1, 0.15) is 0 Å². The highest BCUT2D eigenvalue weighted by molar-refractivity contribution is 5.88. The molecule has 0 unspecified atom stereocenters. The highest BCUT2D eigenvalue weighted by Gasteiger charge is 2.15. The van der Waals surface area contributed by atoms with E-state index in [1.807, 2.05) is 18.2 Å². The molecule has 1 heterocycles. The SMILES string of the molecule is c1ccc(-c2ccc(-c3ccc(N(c4ccc(-c5ccccc5)cc4)c4ccc(-c5ccc(-c6cc(-c7ccc8ccccc8c7)nc(-c7ccccc7)n6)cc5)cc4)cc3)cc2)cc1. The van der Waals surface area contributed by atoms with Crippen molar-refractivity contribution in [3.63, 3.8) is 0 Å². The Balaban J connectivity index is 0.897. The molecule has 0 aliphatic rings. The van der Waals surface area contributed by atoms with Crippen molar-refractivity contribution < 1.29 is 0 Å². The van der Waals surface area contributed by atoms with E-state index in [0.29, 0.717) is 5.82 Å². The lowest BCUT2D eigenvalue weighted by atomic mass is 9.99. The second-order valence-corrected chi connectivity index (χ2v) is 16.3. The summed E-state index contributed by atoms with van der Waals surface area (Å²) in [4.78, 5) is 12.5. The summed E-state index contributed by atoms with van der Waals surface area (Å²) in [5.41, 5.74) is 17.6. The first-order chi connectivity index (χ1) is 32.2. The van der Waals surface area contributed by atoms with Crippen LogP contribution in [-0.2, 0) is 0 Å². The molecule has 0 atom stereocenters. The fourth-order valence-electron chi connectivity index (χ4n) is 8.61. The van der Waals surface area contributed by atoms with Gasteiger partial charge in [-0.25, -0.2) is 9.97 Å². The summed E-state index contributed by atoms with van der Waals surface area (Å²) < 4.78 is 0. The van der Waals surface area contributed by atoms with Gasteiger partial charge in [0.15, 0.2) is 5.82 Å². The largest absolute Gasteiger partial charge is 0.311 e. The third-order valence-corrected chi connectivity index (χ3v) is 12.1. The quantitative estimate of drug-likeness (QED) is 0.137. The van der Waals surface area contributed by atoms with E-state index >= 15 is 0 Å². The van der Waals surface area contributed by atoms with Crippen LogP contribution in [0.25, 0.3) is 89.2 Å². The van der Waals surface area contributed by atoms with E-state index in [2.05, 4.69) is 248 Å². The van der Waals surface area contributed by atoms with Crippen LogP contribution < -0.4 is 4.90 Å². The monoisotopic (exact) mass is 829 g/mol. The number of anilines is 3. The van der Waals surface area contributed by atoms with Crippen LogP contribution in [0.3, 0.4) is 0 Å². The molecule has 11 aromatic rings. The Morgan fingerprint density at radius 3 is 0.954 bits per heavy atom. The first-order valence-corrected chi connectivity index (χ1v) is 22.0. The summed E-state index contributed by atoms with van der Waals surface area (Å²) in [6.45, 7) is 0. The maximum Gasteiger partial charge on any atom is 0.160 e. The smallest absolute Gasteiger partial charge is 0.160 e. The molecule has 11 rings (SSSR count). The van der Waals surface area contributed by atoms with Crippen molar-refractivity contribution in [1.29, 1.82) is 0 Å². The number of hydrogen-bond donors (Lipinski definition) is 0. The van der Waals surface area contributed by atoms with Gasteiger partial charge in [-0.3, -0.25) is 0 Å². The molecule has 3 heteroatoms. The predicted molar refractivity (Wildman–Crippen MR) is 272 cm³/mol. The Morgan fingerprint density at radius 2 is 0.523 bits per heavy atom. The van der Waals surface area contributed by atoms with E-state index in [4.69, 9.17) is 9.97 Å². The molecule has 3 nitrogen and oxygen atoms in total. The molecule has 0 saturated heterocycles. The van der Waals surface area contributed by atoms with Gasteiger partial charge in [-0.1, -0.05) is 212 Å². The number of fused-ring (bicyclic) bond motifs is 1. The average Bonchev–Trinajstić information content (AvgIpc) is 3.40. The van der Waals surface area contributed by atoms with Gasteiger partial charge in [0, 0.05) is 33.8 Å². The Hall–Kier alpha value is -8.66. The van der Waals surface area contributed by atoms with Crippen molar-refractivity contribution in [3.05, 3.63) is 261 Å². The zero-order valence-corrected chi connectivity index (χ0v) is 35.7. The molecule has 0 aliphatic carbocycles. The van der Waals surface area contributed by atoms with E-state index in [1.54, 1.807) is 0 Å². The molecule has 0 saturated carbocycles. The first kappa shape index (κ1) is 39.2. The van der Waals surface area contributed by atoms with Gasteiger partial charge in [-0.2, -0.15) is 0 Å². The van der Waals surface area contributed by atoms with Gasteiger partial charge >= 0.3 is 0 Å². The van der Waals surface area contributed by atoms with Gasteiger partial charge in [0.25, 0.3) is 0 Å². The minimum Gasteiger partial charge on any atom is -0.311 e. The number of hydrogen-bond acceptors (Lipinski definition) is 3. The van der Waals surface area contributed by atoms with Crippen molar-refractivity contribution in [2.45, 2.75) is 0 Å². The van der Waals surface area contributed by atoms with Crippen LogP contribution in [0.15, 0.2) is 261 Å². The van der Waals surface area contributed by atoms with Gasteiger partial charge in [-0.15, -0.1) is 0 Å². The van der Waals surface area contributed by atoms with Crippen LogP contribution in [-0.4, -0.2) is 9.97 Å². The zero-order chi connectivity index (χ0) is 43.4. The molecule has 0 amide bonds. The minimum atomic E-state index is 0.706. The van der Waals surface area contributed by atoms with Gasteiger partial charge in [0.2, 0.25) is 0 Å². The summed E-state index contributed by atoms with van der Waals surface area (Å²) in [6, 6.07) is 92.5. The molecule has 0 bridgehead atoms. The Labute approximate surface area is 380 Å². The van der Waals surface area contributed by atoms with Crippen LogP contribution in [0.5, 0.6) is 0 Å². The highest BCUT2D eigenvalue weighted by atomic mass is 15.1. The van der Waals surface area contributed by atoms with Crippen molar-refractivity contribution >= 4 is 27.8 Å². The third-order valence-electron chi connectivity index (χ3n) is 12.1. The molecule has 0 spiro atoms. The van der Waals surface area contributed by atoms with E-state index < -0.39 is 0 Å². The first-order valence-electron chi connectivity index (χ1n) is 22.0. The van der Waals surface area contributed by atoms with Crippen molar-refractivity contribution in [2.24, 2.45) is 0 Å². The van der Waals surface area contributed by atoms with E-state index in [1.165, 1.54) is 44.2 Å². The molecule has 1 aromatic heterocycles. The number of aromatic nitrogens is 2. The third kappa shape index (κ3) is 8.35. The molecular formula is C62H43N3. The second-order valence-electron chi connectivity index (χ2n) is 16.3. The molecule has 0 radical (unpaired) electrons. The highest BCUT2D eigenvalue weighted by Crippen LogP contribution is 2.38. The topological polar surface area (TPSA) is 29.0 Å². The zero-order valence-electron chi connectivity index (χ0n) is 35.7. The molecule has 0 fully saturated rings. The van der Waals surface area contributed by atoms with Crippen LogP contribution in [0, 0.1) is 0 Å². The predicted octanol–water partition coefficient (Wildman–Crippen LogP) is 16.8. The molecule has 10 aromatic carbocycles. The fraction of sp³-hybridized carbons (Fsp3) is 0. The summed E-state index contributed by atoms with van der Waals surface area (Å²) >= 11 is 0. The second kappa shape index (κ2) is 17.6. The van der Waals surface area contributed by atoms with Crippen LogP contribution in [0.4, 0.5) is 17.1 Å². The average molecular weight is 830 g/mol. The lowest BCUT2D eigenvalue weighted by molar-refractivity contribution is 1.18. The van der Waals surface area contributed by atoms with Crippen molar-refractivity contribution in [1.82, 2.24) is 9.97 Å². The standard InChI is InChI=1S/C62H43N3/c1-4-12-44(13-5-1)47-20-22-48(23-21-47)51-32-38-58(39-33-51)65(57-36-30-50(31-37-57)45-14-6-2-7-15-45)59-40-34-52(35-41-59)49-24-27-53(28-25-49)60-43-61(64-62(63-60)54-17-8-3-9-18-54)56-29-26-46-16-10-11-19-55(46)42-56/h1-43H. The molecule has 306 valence electrons. The number of rotatable bonds is 10. The summed E-state index contributed by atoms with van der Waals surface area (Å²) in [5, 5.41) is 2.39. The lowest BCUT2D eigenvalue weighted by Gasteiger charge is -2.26. The minimum absolute atomic E-state index is 0.706. The number of nitrogens with zero attached hydrogens (tertiary/aromatic N) is 3. The molecular weight excluding hydrogens is 787 g/mol. The number of benzene rings is 10. The lowest BCUT2D eigenvalue weighted by Crippen LogP contribution is -2.09. The Bertz CT molecular complexity index is 3350. The van der Waals surface area contributed by atoms with Crippen LogP contribution in [0.1, 0.15) is 0 Å². The van der Waals surface area contributed by atoms with Crippen LogP contribution in [0.2, 0.25) is 0 Å². The molecule has 0 aliphatic heterocycles. The van der Waals surface area contributed by atoms with Gasteiger partial charge < -0.3 is 4.90 Å². The van der Waals surface area contributed by atoms with Crippen molar-refractivity contribution in [2.75, 3.05) is 4.90 Å². The van der Waals surface area contributed by atoms with Gasteiger partial charge in [0.05, 0.1) is 11.4 Å². The van der Waals surface area contributed by atoms with Crippen molar-refractivity contribution in [3.8, 4) is 78.4 Å². The maximum absolute atomic E-state index is 5.10. The maximum atomic E-state index is 5.10. The Morgan fingerprint density at radius 1 is 0.215 bits per heavy atom. The summed E-state index contributed by atoms with van der Waals surface area (Å²) in [5.74, 6) is 0.706. The van der Waals surface area contributed by atoms with E-state index in [0.717, 1.165) is 56.3 Å². The normalized spacial score (nSPS) is 11.1. The fourth-order valence-corrected chi connectivity index (χ4v) is 8.61.